The zero-order valence-electron chi connectivity index (χ0n) is 59.0. The minimum absolute atomic E-state index is 0.0346. The van der Waals surface area contributed by atoms with Gasteiger partial charge in [-0.15, -0.1) is 34.0 Å². The molecule has 3 heterocycles. The molecular weight excluding hydrogens is 1560 g/mol. The topological polar surface area (TPSA) is 9.72 Å². The molecule has 3 nitrogen and oxygen atoms in total. The Labute approximate surface area is 659 Å². The van der Waals surface area contributed by atoms with Gasteiger partial charge in [-0.1, -0.05) is 264 Å². The summed E-state index contributed by atoms with van der Waals surface area (Å²) >= 11 is 16.5. The van der Waals surface area contributed by atoms with Crippen LogP contribution in [0.25, 0.3) is 104 Å². The van der Waals surface area contributed by atoms with Crippen LogP contribution in [0.5, 0.6) is 0 Å². The van der Waals surface area contributed by atoms with Crippen molar-refractivity contribution < 1.29 is 0 Å². The van der Waals surface area contributed by atoms with Crippen LogP contribution in [0, 0.1) is 0 Å². The highest BCUT2D eigenvalue weighted by atomic mass is 79.9. The van der Waals surface area contributed by atoms with Crippen LogP contribution < -0.4 is 14.7 Å². The van der Waals surface area contributed by atoms with Crippen LogP contribution in [0.2, 0.25) is 0 Å². The van der Waals surface area contributed by atoms with Crippen LogP contribution in [-0.2, 0) is 10.8 Å². The maximum atomic E-state index is 3.67. The standard InChI is InChI=1S/C37H26BrNS.C33H24BrNS.C28H18BrNS/c1-37(2)32-12-6-5-11-28(32)29-17-15-25(21-33(29)37)39(34-13-7-9-23-8-3-4-10-27(23)34)26-16-18-30-31-20-24(38)14-19-35(31)40-36(30)22-26;1-33(2)29-11-7-6-10-25(29)26-15-13-23(19-30(26)33)35(22-8-4-3-5-9-22)24-14-16-27-28-18-21(34)12-17-31(28)36-32(27)20-24;29-19-15-16-26-24(17-19)28-23-14-8-7-13-22(23)25(18-27(28)31-26)30(20-9-3-1-4-10-20)21-11-5-2-6-12-21/h3-22H,1-2H3;3-20H,1-2H3;1-18H. The number of benzene rings is 16. The van der Waals surface area contributed by atoms with Crippen molar-refractivity contribution in [2.24, 2.45) is 0 Å². The van der Waals surface area contributed by atoms with E-state index in [0.29, 0.717) is 0 Å². The van der Waals surface area contributed by atoms with E-state index in [1.807, 2.05) is 34.0 Å². The van der Waals surface area contributed by atoms with E-state index in [1.165, 1.54) is 161 Å². The van der Waals surface area contributed by atoms with Gasteiger partial charge in [0.25, 0.3) is 0 Å². The number of hydrogen-bond acceptors (Lipinski definition) is 6. The predicted octanol–water partition coefficient (Wildman–Crippen LogP) is 31.8. The van der Waals surface area contributed by atoms with Gasteiger partial charge in [-0.05, 0) is 207 Å². The average Bonchev–Trinajstić information content (AvgIpc) is 1.62. The summed E-state index contributed by atoms with van der Waals surface area (Å²) in [6.07, 6.45) is 0. The molecule has 0 aliphatic heterocycles. The van der Waals surface area contributed by atoms with Crippen LogP contribution in [-0.4, -0.2) is 0 Å². The van der Waals surface area contributed by atoms with E-state index in [0.717, 1.165) is 30.5 Å². The summed E-state index contributed by atoms with van der Waals surface area (Å²) in [5.41, 5.74) is 21.4. The number of thiophene rings is 3. The van der Waals surface area contributed by atoms with Crippen molar-refractivity contribution in [2.75, 3.05) is 14.7 Å². The Morgan fingerprint density at radius 1 is 0.224 bits per heavy atom. The van der Waals surface area contributed by atoms with Gasteiger partial charge < -0.3 is 14.7 Å². The van der Waals surface area contributed by atoms with E-state index >= 15 is 0 Å². The van der Waals surface area contributed by atoms with Crippen molar-refractivity contribution in [1.82, 2.24) is 0 Å². The van der Waals surface area contributed by atoms with Gasteiger partial charge in [0.15, 0.2) is 0 Å². The average molecular weight is 1620 g/mol. The molecule has 16 aromatic carbocycles. The molecule has 3 aromatic heterocycles. The molecule has 0 atom stereocenters. The molecular formula is C98H68Br3N3S3. The smallest absolute Gasteiger partial charge is 0.0554 e. The normalized spacial score (nSPS) is 13.0. The predicted molar refractivity (Wildman–Crippen MR) is 475 cm³/mol. The highest BCUT2D eigenvalue weighted by Crippen LogP contribution is 2.55. The third kappa shape index (κ3) is 11.8. The van der Waals surface area contributed by atoms with Gasteiger partial charge in [0, 0.05) is 135 Å². The first-order valence-electron chi connectivity index (χ1n) is 36.1. The second-order valence-electron chi connectivity index (χ2n) is 28.7. The van der Waals surface area contributed by atoms with E-state index in [4.69, 9.17) is 0 Å². The lowest BCUT2D eigenvalue weighted by Crippen LogP contribution is -2.16. The third-order valence-corrected chi connectivity index (χ3v) is 26.6. The summed E-state index contributed by atoms with van der Waals surface area (Å²) < 4.78 is 11.2. The molecule has 9 heteroatoms. The lowest BCUT2D eigenvalue weighted by Gasteiger charge is -2.29. The number of anilines is 9. The highest BCUT2D eigenvalue weighted by molar-refractivity contribution is 9.11. The van der Waals surface area contributed by atoms with Crippen molar-refractivity contribution in [1.29, 1.82) is 0 Å². The molecule has 0 fully saturated rings. The molecule has 21 rings (SSSR count). The Hall–Kier alpha value is -10.5. The van der Waals surface area contributed by atoms with Crippen molar-refractivity contribution in [3.63, 3.8) is 0 Å². The van der Waals surface area contributed by atoms with Crippen molar-refractivity contribution >= 4 is 215 Å². The molecule has 0 spiro atoms. The monoisotopic (exact) mass is 1620 g/mol. The van der Waals surface area contributed by atoms with Crippen molar-refractivity contribution in [3.05, 3.63) is 375 Å². The first-order valence-corrected chi connectivity index (χ1v) is 40.9. The fraction of sp³-hybridized carbons (Fsp3) is 0.0612. The van der Waals surface area contributed by atoms with Gasteiger partial charge in [-0.3, -0.25) is 0 Å². The number of para-hydroxylation sites is 3. The molecule has 0 amide bonds. The summed E-state index contributed by atoms with van der Waals surface area (Å²) in [6, 6.07) is 124. The van der Waals surface area contributed by atoms with Crippen LogP contribution in [0.4, 0.5) is 51.2 Å². The summed E-state index contributed by atoms with van der Waals surface area (Å²) in [4.78, 5) is 7.20. The molecule has 0 bridgehead atoms. The van der Waals surface area contributed by atoms with E-state index in [-0.39, 0.29) is 10.8 Å². The largest absolute Gasteiger partial charge is 0.310 e. The quantitative estimate of drug-likeness (QED) is 0.143. The summed E-state index contributed by atoms with van der Waals surface area (Å²) in [5.74, 6) is 0. The Bertz CT molecular complexity index is 6670. The molecule has 514 valence electrons. The molecule has 0 unspecified atom stereocenters. The zero-order valence-corrected chi connectivity index (χ0v) is 66.2. The van der Waals surface area contributed by atoms with Gasteiger partial charge in [0.05, 0.1) is 11.4 Å². The van der Waals surface area contributed by atoms with Gasteiger partial charge in [0.2, 0.25) is 0 Å². The first-order chi connectivity index (χ1) is 52.3. The van der Waals surface area contributed by atoms with Crippen LogP contribution >= 0.6 is 81.8 Å². The number of nitrogens with zero attached hydrogens (tertiary/aromatic N) is 3. The third-order valence-electron chi connectivity index (χ3n) is 21.7. The maximum absolute atomic E-state index is 3.67. The number of rotatable bonds is 9. The van der Waals surface area contributed by atoms with E-state index < -0.39 is 0 Å². The second kappa shape index (κ2) is 27.1. The van der Waals surface area contributed by atoms with Gasteiger partial charge in [-0.25, -0.2) is 0 Å². The first kappa shape index (κ1) is 67.2. The van der Waals surface area contributed by atoms with Crippen LogP contribution in [0.3, 0.4) is 0 Å². The molecule has 0 radical (unpaired) electrons. The lowest BCUT2D eigenvalue weighted by atomic mass is 9.82. The fourth-order valence-corrected chi connectivity index (χ4v) is 21.1. The summed E-state index contributed by atoms with van der Waals surface area (Å²) in [6.45, 7) is 9.39. The summed E-state index contributed by atoms with van der Waals surface area (Å²) in [5, 5.41) is 12.9. The Balaban J connectivity index is 0.000000110. The summed E-state index contributed by atoms with van der Waals surface area (Å²) in [7, 11) is 0. The molecule has 0 N–H and O–H groups in total. The number of fused-ring (bicyclic) bond motifs is 18. The molecule has 2 aliphatic rings. The molecule has 0 saturated heterocycles. The Kier molecular flexibility index (Phi) is 17.0. The number of hydrogen-bond donors (Lipinski definition) is 0. The van der Waals surface area contributed by atoms with E-state index in [1.54, 1.807) is 0 Å². The van der Waals surface area contributed by atoms with Crippen LogP contribution in [0.15, 0.2) is 353 Å². The van der Waals surface area contributed by atoms with Crippen molar-refractivity contribution in [3.8, 4) is 22.3 Å². The molecule has 2 aliphatic carbocycles. The van der Waals surface area contributed by atoms with Gasteiger partial charge >= 0.3 is 0 Å². The zero-order chi connectivity index (χ0) is 72.2. The Morgan fingerprint density at radius 3 is 1.15 bits per heavy atom. The van der Waals surface area contributed by atoms with Gasteiger partial charge in [-0.2, -0.15) is 0 Å². The minimum atomic E-state index is -0.0603. The molecule has 19 aromatic rings. The number of halogens is 3. The SMILES string of the molecule is Brc1ccc2sc3cc(N(c4ccccc4)c4ccccc4)c4ccccc4c3c2c1.CC1(C)c2ccccc2-c2ccc(N(c3ccc4c(c3)sc3ccc(Br)cc34)c3cccc4ccccc34)cc21.CC1(C)c2ccccc2-c2ccc(N(c3ccccc3)c3ccc4c(c3)sc3ccc(Br)cc34)cc21. The molecule has 0 saturated carbocycles. The maximum Gasteiger partial charge on any atom is 0.0554 e. The van der Waals surface area contributed by atoms with Crippen LogP contribution in [0.1, 0.15) is 49.9 Å². The minimum Gasteiger partial charge on any atom is -0.310 e. The fourth-order valence-electron chi connectivity index (χ4n) is 16.6. The van der Waals surface area contributed by atoms with Gasteiger partial charge in [0.1, 0.15) is 0 Å². The lowest BCUT2D eigenvalue weighted by molar-refractivity contribution is 0.660. The van der Waals surface area contributed by atoms with E-state index in [9.17, 15) is 0 Å². The second-order valence-corrected chi connectivity index (χ2v) is 34.7. The Morgan fingerprint density at radius 2 is 0.607 bits per heavy atom. The van der Waals surface area contributed by atoms with E-state index in [2.05, 4.69) is 430 Å². The van der Waals surface area contributed by atoms with Crippen molar-refractivity contribution in [2.45, 2.75) is 38.5 Å². The highest BCUT2D eigenvalue weighted by Gasteiger charge is 2.38. The molecule has 107 heavy (non-hydrogen) atoms.